The zero-order valence-electron chi connectivity index (χ0n) is 24.7. The summed E-state index contributed by atoms with van der Waals surface area (Å²) >= 11 is 0. The molecule has 5 atom stereocenters. The highest BCUT2D eigenvalue weighted by Gasteiger charge is 2.39. The van der Waals surface area contributed by atoms with E-state index in [4.69, 9.17) is 0 Å². The van der Waals surface area contributed by atoms with Crippen LogP contribution in [0.5, 0.6) is 0 Å². The van der Waals surface area contributed by atoms with Gasteiger partial charge in [-0.2, -0.15) is 0 Å². The summed E-state index contributed by atoms with van der Waals surface area (Å²) < 4.78 is 0. The average Bonchev–Trinajstić information content (AvgIpc) is 2.77. The SMILES string of the molecule is CC[C@@H]1CN(C2CCC2)CC[C@H]1CCC(C)CC1CC(N2CC[C@@H](CCC(C)C)[C@H](C(C)C)C2)C1. The van der Waals surface area contributed by atoms with Gasteiger partial charge in [-0.15, -0.1) is 0 Å². The molecule has 2 saturated heterocycles. The summed E-state index contributed by atoms with van der Waals surface area (Å²) in [6.07, 6.45) is 19.2. The summed E-state index contributed by atoms with van der Waals surface area (Å²) in [5.41, 5.74) is 0. The minimum Gasteiger partial charge on any atom is -0.300 e. The molecule has 2 aliphatic heterocycles. The van der Waals surface area contributed by atoms with Crippen molar-refractivity contribution in [2.45, 2.75) is 137 Å². The topological polar surface area (TPSA) is 6.48 Å². The molecule has 0 aromatic rings. The first-order valence-electron chi connectivity index (χ1n) is 16.3. The van der Waals surface area contributed by atoms with E-state index in [0.717, 1.165) is 59.4 Å². The summed E-state index contributed by atoms with van der Waals surface area (Å²) in [4.78, 5) is 5.79. The first kappa shape index (κ1) is 27.9. The van der Waals surface area contributed by atoms with Crippen molar-refractivity contribution in [1.82, 2.24) is 9.80 Å². The van der Waals surface area contributed by atoms with Crippen molar-refractivity contribution in [3.05, 3.63) is 0 Å². The zero-order valence-corrected chi connectivity index (χ0v) is 24.7. The first-order chi connectivity index (χ1) is 16.8. The van der Waals surface area contributed by atoms with Gasteiger partial charge in [0.05, 0.1) is 0 Å². The molecule has 2 heteroatoms. The Balaban J connectivity index is 1.13. The van der Waals surface area contributed by atoms with Crippen LogP contribution in [0.25, 0.3) is 0 Å². The Morgan fingerprint density at radius 2 is 1.37 bits per heavy atom. The maximum atomic E-state index is 2.93. The van der Waals surface area contributed by atoms with E-state index in [9.17, 15) is 0 Å². The van der Waals surface area contributed by atoms with Crippen LogP contribution in [0, 0.1) is 47.3 Å². The van der Waals surface area contributed by atoms with E-state index in [0.29, 0.717) is 0 Å². The molecule has 0 aromatic heterocycles. The fraction of sp³-hybridized carbons (Fsp3) is 1.00. The molecule has 0 N–H and O–H groups in total. The van der Waals surface area contributed by atoms with Crippen molar-refractivity contribution >= 4 is 0 Å². The summed E-state index contributed by atoms with van der Waals surface area (Å²) in [7, 11) is 0. The third-order valence-electron chi connectivity index (χ3n) is 11.3. The second-order valence-electron chi connectivity index (χ2n) is 14.6. The van der Waals surface area contributed by atoms with E-state index in [1.807, 2.05) is 0 Å². The maximum Gasteiger partial charge on any atom is 0.0101 e. The van der Waals surface area contributed by atoms with Gasteiger partial charge in [0.2, 0.25) is 0 Å². The van der Waals surface area contributed by atoms with Crippen molar-refractivity contribution in [2.75, 3.05) is 26.2 Å². The van der Waals surface area contributed by atoms with Gasteiger partial charge in [0.25, 0.3) is 0 Å². The second kappa shape index (κ2) is 13.1. The molecule has 0 radical (unpaired) electrons. The third kappa shape index (κ3) is 7.49. The Bertz CT molecular complexity index is 604. The molecule has 4 fully saturated rings. The van der Waals surface area contributed by atoms with Gasteiger partial charge in [0, 0.05) is 25.2 Å². The number of hydrogen-bond donors (Lipinski definition) is 0. The van der Waals surface area contributed by atoms with Gasteiger partial charge < -0.3 is 9.80 Å². The molecule has 1 unspecified atom stereocenters. The summed E-state index contributed by atoms with van der Waals surface area (Å²) in [5.74, 6) is 7.57. The van der Waals surface area contributed by atoms with Crippen LogP contribution >= 0.6 is 0 Å². The monoisotopic (exact) mass is 486 g/mol. The van der Waals surface area contributed by atoms with Gasteiger partial charge in [0.15, 0.2) is 0 Å². The molecule has 0 aromatic carbocycles. The van der Waals surface area contributed by atoms with E-state index >= 15 is 0 Å². The van der Waals surface area contributed by atoms with Crippen LogP contribution in [-0.4, -0.2) is 48.1 Å². The molecule has 4 rings (SSSR count). The Morgan fingerprint density at radius 1 is 0.714 bits per heavy atom. The van der Waals surface area contributed by atoms with Crippen LogP contribution in [0.4, 0.5) is 0 Å². The normalized spacial score (nSPS) is 36.3. The Labute approximate surface area is 220 Å². The van der Waals surface area contributed by atoms with Crippen molar-refractivity contribution < 1.29 is 0 Å². The molecule has 4 aliphatic rings. The number of piperidine rings is 2. The minimum atomic E-state index is 0.846. The number of hydrogen-bond acceptors (Lipinski definition) is 2. The molecule has 2 saturated carbocycles. The van der Waals surface area contributed by atoms with E-state index in [2.05, 4.69) is 51.3 Å². The highest BCUT2D eigenvalue weighted by molar-refractivity contribution is 4.93. The van der Waals surface area contributed by atoms with Crippen LogP contribution in [-0.2, 0) is 0 Å². The number of rotatable bonds is 12. The molecule has 0 bridgehead atoms. The lowest BCUT2D eigenvalue weighted by atomic mass is 9.70. The maximum absolute atomic E-state index is 2.93. The van der Waals surface area contributed by atoms with E-state index in [1.54, 1.807) is 0 Å². The zero-order chi connectivity index (χ0) is 24.9. The van der Waals surface area contributed by atoms with E-state index in [1.165, 1.54) is 110 Å². The van der Waals surface area contributed by atoms with Gasteiger partial charge >= 0.3 is 0 Å². The second-order valence-corrected chi connectivity index (χ2v) is 14.6. The summed E-state index contributed by atoms with van der Waals surface area (Å²) in [6, 6.07) is 1.87. The van der Waals surface area contributed by atoms with Gasteiger partial charge in [-0.25, -0.2) is 0 Å². The van der Waals surface area contributed by atoms with Crippen molar-refractivity contribution in [1.29, 1.82) is 0 Å². The molecular weight excluding hydrogens is 424 g/mol. The summed E-state index contributed by atoms with van der Waals surface area (Å²) in [6.45, 7) is 20.4. The van der Waals surface area contributed by atoms with Gasteiger partial charge in [0.1, 0.15) is 0 Å². The Morgan fingerprint density at radius 3 is 1.97 bits per heavy atom. The lowest BCUT2D eigenvalue weighted by molar-refractivity contribution is -0.00113. The average molecular weight is 487 g/mol. The molecule has 0 spiro atoms. The lowest BCUT2D eigenvalue weighted by Gasteiger charge is -2.50. The Kier molecular flexibility index (Phi) is 10.5. The molecule has 35 heavy (non-hydrogen) atoms. The van der Waals surface area contributed by atoms with E-state index < -0.39 is 0 Å². The van der Waals surface area contributed by atoms with E-state index in [-0.39, 0.29) is 0 Å². The quantitative estimate of drug-likeness (QED) is 0.273. The first-order valence-corrected chi connectivity index (χ1v) is 16.3. The standard InChI is InChI=1S/C33H62N2/c1-7-28-22-34(31-9-8-10-31)17-15-29(28)14-12-26(6)19-27-20-32(21-27)35-18-16-30(13-11-24(2)3)33(23-35)25(4)5/h24-33H,7-23H2,1-6H3/t26?,27?,28-,29-,30-,32?,33+/m1/s1. The fourth-order valence-electron chi connectivity index (χ4n) is 8.46. The van der Waals surface area contributed by atoms with Crippen LogP contribution in [0.2, 0.25) is 0 Å². The van der Waals surface area contributed by atoms with Crippen LogP contribution < -0.4 is 0 Å². The molecule has 2 aliphatic carbocycles. The molecule has 204 valence electrons. The molecule has 0 amide bonds. The lowest BCUT2D eigenvalue weighted by Crippen LogP contribution is -2.52. The largest absolute Gasteiger partial charge is 0.300 e. The molecule has 2 heterocycles. The van der Waals surface area contributed by atoms with Crippen molar-refractivity contribution in [3.63, 3.8) is 0 Å². The van der Waals surface area contributed by atoms with Gasteiger partial charge in [-0.05, 0) is 118 Å². The molecular formula is C33H62N2. The number of likely N-dealkylation sites (tertiary alicyclic amines) is 2. The van der Waals surface area contributed by atoms with Crippen LogP contribution in [0.15, 0.2) is 0 Å². The van der Waals surface area contributed by atoms with Crippen LogP contribution in [0.3, 0.4) is 0 Å². The van der Waals surface area contributed by atoms with Crippen molar-refractivity contribution in [3.8, 4) is 0 Å². The molecule has 2 nitrogen and oxygen atoms in total. The Hall–Kier alpha value is -0.0800. The predicted molar refractivity (Wildman–Crippen MR) is 153 cm³/mol. The van der Waals surface area contributed by atoms with Gasteiger partial charge in [-0.3, -0.25) is 0 Å². The van der Waals surface area contributed by atoms with Crippen molar-refractivity contribution in [2.24, 2.45) is 47.3 Å². The van der Waals surface area contributed by atoms with Gasteiger partial charge in [-0.1, -0.05) is 67.2 Å². The smallest absolute Gasteiger partial charge is 0.0101 e. The highest BCUT2D eigenvalue weighted by Crippen LogP contribution is 2.42. The predicted octanol–water partition coefficient (Wildman–Crippen LogP) is 8.50. The minimum absolute atomic E-state index is 0.846. The third-order valence-corrected chi connectivity index (χ3v) is 11.3. The fourth-order valence-corrected chi connectivity index (χ4v) is 8.46. The highest BCUT2D eigenvalue weighted by atomic mass is 15.2. The summed E-state index contributed by atoms with van der Waals surface area (Å²) in [5, 5.41) is 0. The number of nitrogens with zero attached hydrogens (tertiary/aromatic N) is 2. The van der Waals surface area contributed by atoms with Crippen LogP contribution in [0.1, 0.15) is 125 Å².